The summed E-state index contributed by atoms with van der Waals surface area (Å²) in [5.41, 5.74) is 0.816. The molecular formula is C23H19NO6. The van der Waals surface area contributed by atoms with Crippen LogP contribution < -0.4 is 4.74 Å². The number of rotatable bonds is 5. The number of furan rings is 1. The minimum Gasteiger partial charge on any atom is -0.508 e. The Hall–Kier alpha value is -4.00. The Kier molecular flexibility index (Phi) is 5.02. The second-order valence-corrected chi connectivity index (χ2v) is 6.80. The van der Waals surface area contributed by atoms with Gasteiger partial charge >= 0.3 is 0 Å². The van der Waals surface area contributed by atoms with Crippen molar-refractivity contribution in [3.05, 3.63) is 89.4 Å². The molecule has 7 heteroatoms. The van der Waals surface area contributed by atoms with E-state index in [2.05, 4.69) is 0 Å². The van der Waals surface area contributed by atoms with E-state index in [1.165, 1.54) is 30.4 Å². The first-order valence-electron chi connectivity index (χ1n) is 9.24. The summed E-state index contributed by atoms with van der Waals surface area (Å²) in [4.78, 5) is 27.2. The number of hydrogen-bond acceptors (Lipinski definition) is 6. The van der Waals surface area contributed by atoms with Crippen LogP contribution >= 0.6 is 0 Å². The van der Waals surface area contributed by atoms with Crippen LogP contribution in [0.4, 0.5) is 0 Å². The van der Waals surface area contributed by atoms with Crippen molar-refractivity contribution in [3.8, 4) is 11.5 Å². The zero-order chi connectivity index (χ0) is 21.3. The molecule has 1 unspecified atom stereocenters. The number of aliphatic hydroxyl groups is 1. The summed E-state index contributed by atoms with van der Waals surface area (Å²) < 4.78 is 10.7. The summed E-state index contributed by atoms with van der Waals surface area (Å²) in [6.45, 7) is 0.0474. The molecule has 0 aliphatic carbocycles. The summed E-state index contributed by atoms with van der Waals surface area (Å²) in [5, 5.41) is 20.7. The van der Waals surface area contributed by atoms with E-state index < -0.39 is 17.7 Å². The van der Waals surface area contributed by atoms with Gasteiger partial charge in [-0.05, 0) is 42.0 Å². The molecule has 2 heterocycles. The van der Waals surface area contributed by atoms with Crippen molar-refractivity contribution in [2.45, 2.75) is 12.6 Å². The fourth-order valence-electron chi connectivity index (χ4n) is 3.60. The Labute approximate surface area is 172 Å². The molecule has 0 radical (unpaired) electrons. The molecule has 7 nitrogen and oxygen atoms in total. The van der Waals surface area contributed by atoms with Gasteiger partial charge in [0.05, 0.1) is 37.1 Å². The van der Waals surface area contributed by atoms with Crippen molar-refractivity contribution in [2.24, 2.45) is 0 Å². The van der Waals surface area contributed by atoms with Crippen molar-refractivity contribution in [1.29, 1.82) is 0 Å². The number of aliphatic hydroxyl groups excluding tert-OH is 1. The van der Waals surface area contributed by atoms with Gasteiger partial charge in [0.15, 0.2) is 0 Å². The van der Waals surface area contributed by atoms with Gasteiger partial charge in [-0.2, -0.15) is 0 Å². The number of nitrogens with zero attached hydrogens (tertiary/aromatic N) is 1. The van der Waals surface area contributed by atoms with E-state index in [9.17, 15) is 19.8 Å². The molecule has 1 aliphatic heterocycles. The number of carbonyl (C=O) groups excluding carboxylic acids is 2. The number of Topliss-reactive ketones (excluding diaryl/α,β-unsaturated/α-hetero) is 1. The second-order valence-electron chi connectivity index (χ2n) is 6.80. The molecule has 1 aromatic heterocycles. The number of phenolic OH excluding ortho intramolecular Hbond substituents is 1. The van der Waals surface area contributed by atoms with Crippen LogP contribution in [0, 0.1) is 0 Å². The van der Waals surface area contributed by atoms with E-state index in [1.54, 1.807) is 48.5 Å². The summed E-state index contributed by atoms with van der Waals surface area (Å²) in [5.74, 6) is -0.962. The third-order valence-electron chi connectivity index (χ3n) is 5.02. The third kappa shape index (κ3) is 3.30. The lowest BCUT2D eigenvalue weighted by Crippen LogP contribution is -2.29. The lowest BCUT2D eigenvalue weighted by molar-refractivity contribution is -0.140. The SMILES string of the molecule is COc1ccccc1/C(O)=C1/C(=O)C(=O)N(Cc2ccco2)C1c1ccc(O)cc1. The van der Waals surface area contributed by atoms with Crippen LogP contribution in [0.2, 0.25) is 0 Å². The van der Waals surface area contributed by atoms with Crippen LogP contribution in [0.5, 0.6) is 11.5 Å². The van der Waals surface area contributed by atoms with Gasteiger partial charge in [-0.1, -0.05) is 24.3 Å². The van der Waals surface area contributed by atoms with Gasteiger partial charge in [0, 0.05) is 0 Å². The summed E-state index contributed by atoms with van der Waals surface area (Å²) >= 11 is 0. The molecule has 2 aromatic carbocycles. The average molecular weight is 405 g/mol. The van der Waals surface area contributed by atoms with Gasteiger partial charge in [-0.25, -0.2) is 0 Å². The van der Waals surface area contributed by atoms with Crippen molar-refractivity contribution in [1.82, 2.24) is 4.90 Å². The monoisotopic (exact) mass is 405 g/mol. The molecule has 152 valence electrons. The molecule has 30 heavy (non-hydrogen) atoms. The van der Waals surface area contributed by atoms with E-state index in [1.807, 2.05) is 0 Å². The number of benzene rings is 2. The van der Waals surface area contributed by atoms with Gasteiger partial charge < -0.3 is 24.3 Å². The molecular weight excluding hydrogens is 386 g/mol. The number of likely N-dealkylation sites (tertiary alicyclic amines) is 1. The lowest BCUT2D eigenvalue weighted by Gasteiger charge is -2.24. The number of methoxy groups -OCH3 is 1. The zero-order valence-corrected chi connectivity index (χ0v) is 16.1. The molecule has 1 atom stereocenters. The van der Waals surface area contributed by atoms with Crippen LogP contribution in [0.15, 0.2) is 76.9 Å². The van der Waals surface area contributed by atoms with Gasteiger partial charge in [0.1, 0.15) is 23.0 Å². The topological polar surface area (TPSA) is 100 Å². The van der Waals surface area contributed by atoms with Gasteiger partial charge in [0.25, 0.3) is 11.7 Å². The zero-order valence-electron chi connectivity index (χ0n) is 16.1. The third-order valence-corrected chi connectivity index (χ3v) is 5.02. The Balaban J connectivity index is 1.89. The molecule has 3 aromatic rings. The largest absolute Gasteiger partial charge is 0.508 e. The quantitative estimate of drug-likeness (QED) is 0.382. The highest BCUT2D eigenvalue weighted by molar-refractivity contribution is 6.46. The average Bonchev–Trinajstić information content (AvgIpc) is 3.36. The van der Waals surface area contributed by atoms with Gasteiger partial charge in [-0.3, -0.25) is 9.59 Å². The highest BCUT2D eigenvalue weighted by Gasteiger charge is 2.46. The number of ketones is 1. The number of aromatic hydroxyl groups is 1. The Morgan fingerprint density at radius 2 is 1.80 bits per heavy atom. The summed E-state index contributed by atoms with van der Waals surface area (Å²) in [6.07, 6.45) is 1.48. The predicted molar refractivity (Wildman–Crippen MR) is 108 cm³/mol. The molecule has 1 aliphatic rings. The first-order valence-corrected chi connectivity index (χ1v) is 9.24. The fraction of sp³-hybridized carbons (Fsp3) is 0.130. The van der Waals surface area contributed by atoms with Crippen LogP contribution in [0.3, 0.4) is 0 Å². The fourth-order valence-corrected chi connectivity index (χ4v) is 3.60. The molecule has 0 bridgehead atoms. The lowest BCUT2D eigenvalue weighted by atomic mass is 9.95. The Morgan fingerprint density at radius 3 is 2.47 bits per heavy atom. The van der Waals surface area contributed by atoms with E-state index >= 15 is 0 Å². The van der Waals surface area contributed by atoms with Crippen LogP contribution in [0.1, 0.15) is 22.9 Å². The number of phenols is 1. The van der Waals surface area contributed by atoms with Crippen LogP contribution in [-0.4, -0.2) is 33.9 Å². The first kappa shape index (κ1) is 19.3. The normalized spacial score (nSPS) is 18.0. The maximum Gasteiger partial charge on any atom is 0.296 e. The predicted octanol–water partition coefficient (Wildman–Crippen LogP) is 3.62. The molecule has 1 saturated heterocycles. The van der Waals surface area contributed by atoms with E-state index in [0.717, 1.165) is 0 Å². The summed E-state index contributed by atoms with van der Waals surface area (Å²) in [7, 11) is 1.46. The number of hydrogen-bond donors (Lipinski definition) is 2. The Morgan fingerprint density at radius 1 is 1.07 bits per heavy atom. The molecule has 2 N–H and O–H groups in total. The highest BCUT2D eigenvalue weighted by atomic mass is 16.5. The van der Waals surface area contributed by atoms with Crippen LogP contribution in [0.25, 0.3) is 5.76 Å². The molecule has 0 spiro atoms. The number of amides is 1. The number of para-hydroxylation sites is 1. The van der Waals surface area contributed by atoms with Crippen LogP contribution in [-0.2, 0) is 16.1 Å². The van der Waals surface area contributed by atoms with Crippen molar-refractivity contribution in [3.63, 3.8) is 0 Å². The van der Waals surface area contributed by atoms with Gasteiger partial charge in [-0.15, -0.1) is 0 Å². The number of carbonyl (C=O) groups is 2. The van der Waals surface area contributed by atoms with Crippen molar-refractivity contribution < 1.29 is 29.0 Å². The van der Waals surface area contributed by atoms with E-state index in [4.69, 9.17) is 9.15 Å². The van der Waals surface area contributed by atoms with Gasteiger partial charge in [0.2, 0.25) is 0 Å². The van der Waals surface area contributed by atoms with Crippen molar-refractivity contribution in [2.75, 3.05) is 7.11 Å². The second kappa shape index (κ2) is 7.79. The maximum atomic E-state index is 13.0. The Bertz CT molecular complexity index is 1110. The first-order chi connectivity index (χ1) is 14.5. The molecule has 1 amide bonds. The maximum absolute atomic E-state index is 13.0. The minimum atomic E-state index is -0.861. The standard InChI is InChI=1S/C23H19NO6/c1-29-18-7-3-2-6-17(18)21(26)19-20(14-8-10-15(25)11-9-14)24(23(28)22(19)27)13-16-5-4-12-30-16/h2-12,20,25-26H,13H2,1H3/b21-19-. The number of ether oxygens (including phenoxy) is 1. The molecule has 4 rings (SSSR count). The highest BCUT2D eigenvalue weighted by Crippen LogP contribution is 2.41. The van der Waals surface area contributed by atoms with E-state index in [0.29, 0.717) is 22.6 Å². The smallest absolute Gasteiger partial charge is 0.296 e. The molecule has 1 fully saturated rings. The molecule has 0 saturated carbocycles. The summed E-state index contributed by atoms with van der Waals surface area (Å²) in [6, 6.07) is 15.4. The minimum absolute atomic E-state index is 0.0474. The van der Waals surface area contributed by atoms with Crippen molar-refractivity contribution >= 4 is 17.4 Å². The van der Waals surface area contributed by atoms with E-state index in [-0.39, 0.29) is 23.6 Å².